The van der Waals surface area contributed by atoms with Gasteiger partial charge in [-0.3, -0.25) is 0 Å². The first-order valence-corrected chi connectivity index (χ1v) is 18.3. The van der Waals surface area contributed by atoms with E-state index in [9.17, 15) is 8.78 Å². The summed E-state index contributed by atoms with van der Waals surface area (Å²) in [6.45, 7) is 0. The second kappa shape index (κ2) is 15.1. The Morgan fingerprint density at radius 3 is 0.935 bits per heavy atom. The molecule has 0 unspecified atom stereocenters. The van der Waals surface area contributed by atoms with E-state index in [-0.39, 0.29) is 67.5 Å². The molecule has 0 aliphatic carbocycles. The van der Waals surface area contributed by atoms with Gasteiger partial charge in [-0.2, -0.15) is 0 Å². The molecule has 0 spiro atoms. The SMILES string of the molecule is COc1ccccc1-c1c2nc(c(-c3c(F)c(F)c(F)c(F)c3F)c3ccc([nH]3)c(-c3ccccc3OC)c3nc(c(-c4c(F)c(F)c(F)c(F)c4F)c4ccc1[nH]4)C=C3)C=C2. The van der Waals surface area contributed by atoms with Crippen LogP contribution in [0.2, 0.25) is 0 Å². The molecule has 9 rings (SSSR count). The summed E-state index contributed by atoms with van der Waals surface area (Å²) in [5, 5.41) is 0. The summed E-state index contributed by atoms with van der Waals surface area (Å²) in [6, 6.07) is 18.3. The number of hydrogen-bond donors (Lipinski definition) is 2. The molecule has 310 valence electrons. The van der Waals surface area contributed by atoms with E-state index < -0.39 is 80.4 Å². The van der Waals surface area contributed by atoms with E-state index in [0.29, 0.717) is 11.1 Å². The minimum atomic E-state index is -2.37. The number of nitrogens with one attached hydrogen (secondary N) is 2. The van der Waals surface area contributed by atoms with Crippen LogP contribution >= 0.6 is 0 Å². The van der Waals surface area contributed by atoms with Crippen molar-refractivity contribution in [3.05, 3.63) is 154 Å². The summed E-state index contributed by atoms with van der Waals surface area (Å²) in [5.41, 5.74) is -3.37. The zero-order chi connectivity index (χ0) is 43.7. The van der Waals surface area contributed by atoms with Crippen LogP contribution in [-0.2, 0) is 0 Å². The number of rotatable bonds is 6. The monoisotopic (exact) mass is 854 g/mol. The molecule has 6 nitrogen and oxygen atoms in total. The maximum absolute atomic E-state index is 15.9. The van der Waals surface area contributed by atoms with Gasteiger partial charge in [0, 0.05) is 55.4 Å². The second-order valence-corrected chi connectivity index (χ2v) is 13.8. The molecule has 0 radical (unpaired) electrons. The number of H-pyrrole nitrogens is 2. The quantitative estimate of drug-likeness (QED) is 0.0992. The molecule has 0 atom stereocenters. The van der Waals surface area contributed by atoms with Gasteiger partial charge in [0.2, 0.25) is 11.6 Å². The van der Waals surface area contributed by atoms with Gasteiger partial charge in [-0.05, 0) is 60.7 Å². The van der Waals surface area contributed by atoms with Crippen molar-refractivity contribution in [2.24, 2.45) is 0 Å². The number of aromatic amines is 2. The van der Waals surface area contributed by atoms with Crippen LogP contribution in [-0.4, -0.2) is 34.2 Å². The zero-order valence-electron chi connectivity index (χ0n) is 31.7. The van der Waals surface area contributed by atoms with Crippen LogP contribution < -0.4 is 9.47 Å². The normalized spacial score (nSPS) is 12.1. The lowest BCUT2D eigenvalue weighted by Gasteiger charge is -2.12. The first-order chi connectivity index (χ1) is 29.8. The van der Waals surface area contributed by atoms with Crippen LogP contribution in [0.3, 0.4) is 0 Å². The maximum atomic E-state index is 15.9. The lowest BCUT2D eigenvalue weighted by molar-refractivity contribution is 0.381. The minimum absolute atomic E-state index is 0.0194. The van der Waals surface area contributed by atoms with Crippen molar-refractivity contribution < 1.29 is 53.4 Å². The number of aromatic nitrogens is 4. The highest BCUT2D eigenvalue weighted by molar-refractivity contribution is 6.01. The van der Waals surface area contributed by atoms with Crippen molar-refractivity contribution >= 4 is 46.4 Å². The Labute approximate surface area is 343 Å². The maximum Gasteiger partial charge on any atom is 0.200 e. The molecule has 5 heterocycles. The second-order valence-electron chi connectivity index (χ2n) is 13.8. The molecular weight excluding hydrogens is 831 g/mol. The molecule has 2 aliphatic rings. The molecule has 0 saturated heterocycles. The largest absolute Gasteiger partial charge is 0.496 e. The fraction of sp³-hybridized carbons (Fsp3) is 0.0435. The lowest BCUT2D eigenvalue weighted by Crippen LogP contribution is -2.05. The average molecular weight is 855 g/mol. The Kier molecular flexibility index (Phi) is 9.72. The summed E-state index contributed by atoms with van der Waals surface area (Å²) < 4.78 is 164. The fourth-order valence-corrected chi connectivity index (χ4v) is 7.65. The Bertz CT molecular complexity index is 3020. The standard InChI is InChI=1S/C46H24F10N4O2/c1-61-29-9-5-3-7-19(29)31-21-11-15-25(57-21)33(35-37(47)41(51)45(55)42(52)38(35)48)27-17-13-23(59-27)32(20-8-4-6-10-30(20)62-2)24-14-18-28(60-24)34(26-16-12-22(31)58-26)36-39(49)43(53)46(56)44(54)40(36)50/h3-18,57,60H,1-2H3. The van der Waals surface area contributed by atoms with E-state index in [1.54, 1.807) is 48.5 Å². The molecule has 4 aromatic carbocycles. The Morgan fingerprint density at radius 2 is 0.613 bits per heavy atom. The molecule has 2 aliphatic heterocycles. The first-order valence-electron chi connectivity index (χ1n) is 18.3. The molecule has 0 amide bonds. The summed E-state index contributed by atoms with van der Waals surface area (Å²) in [6.07, 6.45) is 5.33. The number of halogens is 10. The van der Waals surface area contributed by atoms with Crippen molar-refractivity contribution in [1.29, 1.82) is 0 Å². The summed E-state index contributed by atoms with van der Waals surface area (Å²) in [4.78, 5) is 15.4. The van der Waals surface area contributed by atoms with Gasteiger partial charge in [0.05, 0.1) is 48.1 Å². The van der Waals surface area contributed by atoms with Gasteiger partial charge >= 0.3 is 0 Å². The Morgan fingerprint density at radius 1 is 0.339 bits per heavy atom. The number of ether oxygens (including phenoxy) is 2. The lowest BCUT2D eigenvalue weighted by atomic mass is 10.0. The van der Waals surface area contributed by atoms with Crippen molar-refractivity contribution in [1.82, 2.24) is 19.9 Å². The zero-order valence-corrected chi connectivity index (χ0v) is 31.7. The number of benzene rings is 4. The predicted octanol–water partition coefficient (Wildman–Crippen LogP) is 12.7. The summed E-state index contributed by atoms with van der Waals surface area (Å²) in [7, 11) is 2.72. The predicted molar refractivity (Wildman–Crippen MR) is 213 cm³/mol. The summed E-state index contributed by atoms with van der Waals surface area (Å²) in [5.74, 6) is -21.6. The highest BCUT2D eigenvalue weighted by Crippen LogP contribution is 2.44. The molecule has 62 heavy (non-hydrogen) atoms. The van der Waals surface area contributed by atoms with Crippen LogP contribution in [0.5, 0.6) is 11.5 Å². The number of para-hydroxylation sites is 2. The van der Waals surface area contributed by atoms with Gasteiger partial charge < -0.3 is 19.4 Å². The molecule has 16 heteroatoms. The van der Waals surface area contributed by atoms with Crippen LogP contribution in [0.25, 0.3) is 90.9 Å². The van der Waals surface area contributed by atoms with E-state index in [2.05, 4.69) is 19.9 Å². The highest BCUT2D eigenvalue weighted by Gasteiger charge is 2.32. The van der Waals surface area contributed by atoms with E-state index >= 15 is 35.1 Å². The molecule has 7 aromatic rings. The van der Waals surface area contributed by atoms with Gasteiger partial charge in [-0.1, -0.05) is 36.4 Å². The number of hydrogen-bond acceptors (Lipinski definition) is 4. The van der Waals surface area contributed by atoms with Crippen LogP contribution in [0.1, 0.15) is 22.8 Å². The van der Waals surface area contributed by atoms with Gasteiger partial charge in [0.25, 0.3) is 0 Å². The topological polar surface area (TPSA) is 75.8 Å². The number of nitrogens with zero attached hydrogens (tertiary/aromatic N) is 2. The Balaban J connectivity index is 1.55. The summed E-state index contributed by atoms with van der Waals surface area (Å²) >= 11 is 0. The van der Waals surface area contributed by atoms with Crippen LogP contribution in [0.15, 0.2) is 72.8 Å². The van der Waals surface area contributed by atoms with E-state index in [0.717, 1.165) is 0 Å². The van der Waals surface area contributed by atoms with E-state index in [1.165, 1.54) is 62.8 Å². The fourth-order valence-electron chi connectivity index (χ4n) is 7.65. The van der Waals surface area contributed by atoms with Crippen molar-refractivity contribution in [2.75, 3.05) is 14.2 Å². The van der Waals surface area contributed by atoms with E-state index in [1.807, 2.05) is 0 Å². The van der Waals surface area contributed by atoms with Crippen LogP contribution in [0.4, 0.5) is 43.9 Å². The number of fused-ring (bicyclic) bond motifs is 8. The average Bonchev–Trinajstić information content (AvgIpc) is 4.14. The number of methoxy groups -OCH3 is 2. The molecular formula is C46H24F10N4O2. The third-order valence-electron chi connectivity index (χ3n) is 10.4. The Hall–Kier alpha value is -7.62. The molecule has 0 fully saturated rings. The first kappa shape index (κ1) is 39.8. The third-order valence-corrected chi connectivity index (χ3v) is 10.4. The molecule has 2 N–H and O–H groups in total. The van der Waals surface area contributed by atoms with Gasteiger partial charge in [-0.15, -0.1) is 0 Å². The minimum Gasteiger partial charge on any atom is -0.496 e. The van der Waals surface area contributed by atoms with Gasteiger partial charge in [0.15, 0.2) is 46.5 Å². The van der Waals surface area contributed by atoms with Crippen LogP contribution in [0, 0.1) is 58.2 Å². The van der Waals surface area contributed by atoms with Crippen molar-refractivity contribution in [3.8, 4) is 56.0 Å². The highest BCUT2D eigenvalue weighted by atomic mass is 19.2. The van der Waals surface area contributed by atoms with E-state index in [4.69, 9.17) is 9.47 Å². The van der Waals surface area contributed by atoms with Crippen molar-refractivity contribution in [3.63, 3.8) is 0 Å². The molecule has 3 aromatic heterocycles. The van der Waals surface area contributed by atoms with Gasteiger partial charge in [0.1, 0.15) is 11.5 Å². The third kappa shape index (κ3) is 6.11. The molecule has 8 bridgehead atoms. The molecule has 0 saturated carbocycles. The van der Waals surface area contributed by atoms with Gasteiger partial charge in [-0.25, -0.2) is 53.9 Å². The smallest absolute Gasteiger partial charge is 0.200 e. The van der Waals surface area contributed by atoms with Crippen molar-refractivity contribution in [2.45, 2.75) is 0 Å².